The Hall–Kier alpha value is -2.43. The van der Waals surface area contributed by atoms with Crippen molar-refractivity contribution < 1.29 is 27.4 Å². The molecule has 1 aromatic carbocycles. The van der Waals surface area contributed by atoms with E-state index in [1.165, 1.54) is 4.90 Å². The second-order valence-electron chi connectivity index (χ2n) is 6.14. The van der Waals surface area contributed by atoms with E-state index in [2.05, 4.69) is 14.7 Å². The lowest BCUT2D eigenvalue weighted by molar-refractivity contribution is -0.201. The summed E-state index contributed by atoms with van der Waals surface area (Å²) in [6, 6.07) is 5.21. The number of halogens is 3. The summed E-state index contributed by atoms with van der Waals surface area (Å²) in [6.07, 6.45) is -5.07. The van der Waals surface area contributed by atoms with Gasteiger partial charge in [-0.15, -0.1) is 0 Å². The number of methoxy groups -OCH3 is 1. The highest BCUT2D eigenvalue weighted by atomic mass is 32.2. The molecule has 0 saturated carbocycles. The van der Waals surface area contributed by atoms with Gasteiger partial charge in [-0.25, -0.2) is 14.8 Å². The molecule has 0 aliphatic carbocycles. The minimum Gasteiger partial charge on any atom is -0.494 e. The maximum atomic E-state index is 14.0. The van der Waals surface area contributed by atoms with Crippen LogP contribution in [0.2, 0.25) is 0 Å². The summed E-state index contributed by atoms with van der Waals surface area (Å²) in [5.41, 5.74) is -2.72. The van der Waals surface area contributed by atoms with Crippen LogP contribution < -0.4 is 9.64 Å². The van der Waals surface area contributed by atoms with E-state index in [4.69, 9.17) is 4.74 Å². The fourth-order valence-electron chi connectivity index (χ4n) is 3.08. The fraction of sp³-hybridized carbons (Fsp3) is 0.500. The average molecular weight is 430 g/mol. The molecule has 0 fully saturated rings. The quantitative estimate of drug-likeness (QED) is 0.667. The molecule has 11 heteroatoms. The molecule has 29 heavy (non-hydrogen) atoms. The first kappa shape index (κ1) is 21.3. The molecule has 158 valence electrons. The van der Waals surface area contributed by atoms with E-state index >= 15 is 0 Å². The first-order chi connectivity index (χ1) is 13.7. The van der Waals surface area contributed by atoms with Crippen molar-refractivity contribution in [2.75, 3.05) is 31.7 Å². The normalized spacial score (nSPS) is 20.4. The van der Waals surface area contributed by atoms with Crippen LogP contribution in [0, 0.1) is 0 Å². The largest absolute Gasteiger partial charge is 0.494 e. The third-order valence-electron chi connectivity index (χ3n) is 4.51. The van der Waals surface area contributed by atoms with E-state index < -0.39 is 17.8 Å². The molecule has 1 atom stereocenters. The molecule has 0 radical (unpaired) electrons. The van der Waals surface area contributed by atoms with Gasteiger partial charge < -0.3 is 14.4 Å². The predicted octanol–water partition coefficient (Wildman–Crippen LogP) is 3.50. The molecular formula is C18H21F3N4O3S. The highest BCUT2D eigenvalue weighted by Gasteiger charge is 2.65. The number of benzene rings is 1. The summed E-state index contributed by atoms with van der Waals surface area (Å²) in [7, 11) is 0.889. The molecule has 7 nitrogen and oxygen atoms in total. The lowest BCUT2D eigenvalue weighted by atomic mass is 10.1. The smallest absolute Gasteiger partial charge is 0.446 e. The van der Waals surface area contributed by atoms with E-state index in [9.17, 15) is 18.0 Å². The number of thioether (sulfide) groups is 1. The van der Waals surface area contributed by atoms with Crippen molar-refractivity contribution in [1.29, 1.82) is 0 Å². The van der Waals surface area contributed by atoms with Crippen molar-refractivity contribution in [3.63, 3.8) is 0 Å². The standard InChI is InChI=1S/C18H21F3N4O3S/c1-5-24(6-2)15-22-17(14(26)27-4,18(19,20)21)23-16-25(15)12-9-8-11(28-7-3)10-13(12)29-16/h8-10H,5-7H2,1-4H3/t17-/m0/s1. The van der Waals surface area contributed by atoms with E-state index in [1.54, 1.807) is 36.9 Å². The third kappa shape index (κ3) is 3.41. The number of nitrogens with zero attached hydrogens (tertiary/aromatic N) is 4. The number of carbonyl (C=O) groups is 1. The number of guanidine groups is 1. The Morgan fingerprint density at radius 2 is 1.93 bits per heavy atom. The first-order valence-corrected chi connectivity index (χ1v) is 9.88. The number of fused-ring (bicyclic) bond motifs is 3. The number of hydrogen-bond acceptors (Lipinski definition) is 8. The van der Waals surface area contributed by atoms with Gasteiger partial charge in [-0.05, 0) is 50.7 Å². The first-order valence-electron chi connectivity index (χ1n) is 9.07. The highest BCUT2D eigenvalue weighted by Crippen LogP contribution is 2.48. The van der Waals surface area contributed by atoms with Crippen molar-refractivity contribution in [1.82, 2.24) is 4.90 Å². The van der Waals surface area contributed by atoms with Crippen LogP contribution in [-0.4, -0.2) is 60.6 Å². The number of ether oxygens (including phenoxy) is 2. The lowest BCUT2D eigenvalue weighted by Crippen LogP contribution is -2.58. The fourth-order valence-corrected chi connectivity index (χ4v) is 4.17. The molecule has 0 bridgehead atoms. The van der Waals surface area contributed by atoms with Crippen LogP contribution in [0.1, 0.15) is 20.8 Å². The maximum Gasteiger partial charge on any atom is 0.446 e. The summed E-state index contributed by atoms with van der Waals surface area (Å²) >= 11 is 1.03. The minimum absolute atomic E-state index is 0.00173. The number of aliphatic imine (C=N–C) groups is 2. The summed E-state index contributed by atoms with van der Waals surface area (Å²) in [4.78, 5) is 23.7. The van der Waals surface area contributed by atoms with Crippen LogP contribution in [0.4, 0.5) is 18.9 Å². The number of amidine groups is 1. The van der Waals surface area contributed by atoms with E-state index in [-0.39, 0.29) is 11.1 Å². The number of carbonyl (C=O) groups excluding carboxylic acids is 1. The molecule has 2 aliphatic rings. The Kier molecular flexibility index (Phi) is 5.70. The van der Waals surface area contributed by atoms with E-state index in [1.807, 2.05) is 6.92 Å². The van der Waals surface area contributed by atoms with Crippen LogP contribution in [-0.2, 0) is 9.53 Å². The molecule has 2 heterocycles. The third-order valence-corrected chi connectivity index (χ3v) is 5.51. The van der Waals surface area contributed by atoms with Crippen LogP contribution in [0.15, 0.2) is 33.1 Å². The molecule has 0 spiro atoms. The Labute approximate surface area is 170 Å². The molecule has 0 N–H and O–H groups in total. The average Bonchev–Trinajstić information content (AvgIpc) is 3.04. The summed E-state index contributed by atoms with van der Waals surface area (Å²) in [5, 5.41) is 0.00766. The van der Waals surface area contributed by atoms with Gasteiger partial charge in [0.05, 0.1) is 19.4 Å². The zero-order valence-corrected chi connectivity index (χ0v) is 17.2. The Bertz CT molecular complexity index is 870. The van der Waals surface area contributed by atoms with Crippen molar-refractivity contribution in [3.8, 4) is 5.75 Å². The summed E-state index contributed by atoms with van der Waals surface area (Å²) in [5.74, 6) is -0.984. The van der Waals surface area contributed by atoms with Crippen molar-refractivity contribution >= 4 is 34.5 Å². The number of alkyl halides is 3. The highest BCUT2D eigenvalue weighted by molar-refractivity contribution is 8.15. The number of rotatable bonds is 5. The monoisotopic (exact) mass is 430 g/mol. The Morgan fingerprint density at radius 3 is 2.48 bits per heavy atom. The Morgan fingerprint density at radius 1 is 1.24 bits per heavy atom. The van der Waals surface area contributed by atoms with Gasteiger partial charge in [-0.2, -0.15) is 13.2 Å². The molecule has 2 aliphatic heterocycles. The van der Waals surface area contributed by atoms with Gasteiger partial charge in [0.2, 0.25) is 5.96 Å². The second kappa shape index (κ2) is 7.77. The molecule has 0 amide bonds. The molecule has 0 unspecified atom stereocenters. The zero-order valence-electron chi connectivity index (χ0n) is 16.4. The SMILES string of the molecule is CCOc1ccc2c(c1)SC1=N[C@@](C(=O)OC)(C(F)(F)F)N=C(N(CC)CC)N12. The van der Waals surface area contributed by atoms with E-state index in [0.717, 1.165) is 18.9 Å². The molecular weight excluding hydrogens is 409 g/mol. The van der Waals surface area contributed by atoms with Gasteiger partial charge in [-0.3, -0.25) is 4.90 Å². The van der Waals surface area contributed by atoms with Gasteiger partial charge in [-0.1, -0.05) is 0 Å². The van der Waals surface area contributed by atoms with Gasteiger partial charge in [0.15, 0.2) is 5.17 Å². The van der Waals surface area contributed by atoms with Crippen LogP contribution in [0.25, 0.3) is 0 Å². The van der Waals surface area contributed by atoms with Crippen molar-refractivity contribution in [2.45, 2.75) is 37.5 Å². The minimum atomic E-state index is -5.07. The number of hydrogen-bond donors (Lipinski definition) is 0. The Balaban J connectivity index is 2.21. The van der Waals surface area contributed by atoms with Gasteiger partial charge in [0, 0.05) is 18.0 Å². The summed E-state index contributed by atoms with van der Waals surface area (Å²) < 4.78 is 52.1. The molecule has 3 rings (SSSR count). The summed E-state index contributed by atoms with van der Waals surface area (Å²) in [6.45, 7) is 6.68. The van der Waals surface area contributed by atoms with Crippen molar-refractivity contribution in [3.05, 3.63) is 18.2 Å². The maximum absolute atomic E-state index is 14.0. The van der Waals surface area contributed by atoms with Crippen molar-refractivity contribution in [2.24, 2.45) is 9.98 Å². The van der Waals surface area contributed by atoms with E-state index in [0.29, 0.717) is 36.0 Å². The number of anilines is 1. The van der Waals surface area contributed by atoms with Gasteiger partial charge >= 0.3 is 17.8 Å². The van der Waals surface area contributed by atoms with Crippen LogP contribution >= 0.6 is 11.8 Å². The van der Waals surface area contributed by atoms with Gasteiger partial charge in [0.1, 0.15) is 5.75 Å². The lowest BCUT2D eigenvalue weighted by Gasteiger charge is -2.37. The predicted molar refractivity (Wildman–Crippen MR) is 105 cm³/mol. The zero-order chi connectivity index (χ0) is 21.4. The topological polar surface area (TPSA) is 66.7 Å². The second-order valence-corrected chi connectivity index (χ2v) is 7.15. The van der Waals surface area contributed by atoms with Crippen LogP contribution in [0.5, 0.6) is 5.75 Å². The molecule has 0 saturated heterocycles. The number of esters is 1. The molecule has 0 aromatic heterocycles. The van der Waals surface area contributed by atoms with Crippen LogP contribution in [0.3, 0.4) is 0 Å². The molecule has 1 aromatic rings. The van der Waals surface area contributed by atoms with Gasteiger partial charge in [0.25, 0.3) is 0 Å².